The SMILES string of the molecule is CC(C)(C)OC(=O)C[C@H](NC(=O)CNC(=O)COc1ccc(C#N)cc1)C(=O)N[C@@H](Cc1ccccc1)C(=O)OC(C)(C)C. The van der Waals surface area contributed by atoms with Gasteiger partial charge in [-0.15, -0.1) is 0 Å². The summed E-state index contributed by atoms with van der Waals surface area (Å²) in [6.45, 7) is 9.14. The molecule has 3 amide bonds. The number of hydrogen-bond acceptors (Lipinski definition) is 9. The minimum Gasteiger partial charge on any atom is -0.484 e. The predicted molar refractivity (Wildman–Crippen MR) is 160 cm³/mol. The van der Waals surface area contributed by atoms with Crippen molar-refractivity contribution < 1.29 is 38.2 Å². The molecule has 0 unspecified atom stereocenters. The van der Waals surface area contributed by atoms with Crippen molar-refractivity contribution in [3.8, 4) is 11.8 Å². The Hall–Kier alpha value is -4.92. The maximum atomic E-state index is 13.4. The van der Waals surface area contributed by atoms with Crippen LogP contribution in [0.2, 0.25) is 0 Å². The first kappa shape index (κ1) is 35.3. The van der Waals surface area contributed by atoms with Gasteiger partial charge in [-0.3, -0.25) is 19.2 Å². The van der Waals surface area contributed by atoms with E-state index in [4.69, 9.17) is 19.5 Å². The monoisotopic (exact) mass is 608 g/mol. The normalized spacial score (nSPS) is 12.5. The number of carbonyl (C=O) groups excluding carboxylic acids is 5. The highest BCUT2D eigenvalue weighted by Gasteiger charge is 2.32. The number of rotatable bonds is 13. The smallest absolute Gasteiger partial charge is 0.329 e. The van der Waals surface area contributed by atoms with Crippen molar-refractivity contribution in [3.05, 3.63) is 65.7 Å². The number of nitriles is 1. The summed E-state index contributed by atoms with van der Waals surface area (Å²) in [7, 11) is 0. The highest BCUT2D eigenvalue weighted by Crippen LogP contribution is 2.14. The summed E-state index contributed by atoms with van der Waals surface area (Å²) in [5.74, 6) is -3.29. The predicted octanol–water partition coefficient (Wildman–Crippen LogP) is 2.34. The lowest BCUT2D eigenvalue weighted by atomic mass is 10.0. The van der Waals surface area contributed by atoms with E-state index in [1.807, 2.05) is 12.1 Å². The largest absolute Gasteiger partial charge is 0.484 e. The molecule has 3 N–H and O–H groups in total. The molecule has 12 heteroatoms. The minimum absolute atomic E-state index is 0.101. The Balaban J connectivity index is 2.10. The Bertz CT molecular complexity index is 1340. The van der Waals surface area contributed by atoms with Crippen molar-refractivity contribution in [2.45, 2.75) is 77.7 Å². The van der Waals surface area contributed by atoms with Crippen molar-refractivity contribution in [1.82, 2.24) is 16.0 Å². The van der Waals surface area contributed by atoms with E-state index < -0.39 is 72.5 Å². The molecule has 0 aliphatic heterocycles. The van der Waals surface area contributed by atoms with Gasteiger partial charge in [0, 0.05) is 6.42 Å². The average molecular weight is 609 g/mol. The fourth-order valence-electron chi connectivity index (χ4n) is 3.70. The van der Waals surface area contributed by atoms with Gasteiger partial charge in [-0.1, -0.05) is 30.3 Å². The summed E-state index contributed by atoms with van der Waals surface area (Å²) < 4.78 is 16.2. The van der Waals surface area contributed by atoms with Crippen LogP contribution in [0.3, 0.4) is 0 Å². The van der Waals surface area contributed by atoms with Crippen LogP contribution in [-0.4, -0.2) is 66.1 Å². The Morgan fingerprint density at radius 3 is 1.98 bits per heavy atom. The second-order valence-electron chi connectivity index (χ2n) is 11.9. The average Bonchev–Trinajstić information content (AvgIpc) is 2.93. The summed E-state index contributed by atoms with van der Waals surface area (Å²) in [6.07, 6.45) is -0.430. The van der Waals surface area contributed by atoms with E-state index in [9.17, 15) is 24.0 Å². The molecule has 0 radical (unpaired) electrons. The molecule has 2 rings (SSSR count). The van der Waals surface area contributed by atoms with Crippen LogP contribution in [0, 0.1) is 11.3 Å². The summed E-state index contributed by atoms with van der Waals surface area (Å²) in [5, 5.41) is 16.3. The molecule has 0 aromatic heterocycles. The number of benzene rings is 2. The third kappa shape index (κ3) is 13.8. The Labute approximate surface area is 257 Å². The van der Waals surface area contributed by atoms with Gasteiger partial charge in [0.1, 0.15) is 29.0 Å². The highest BCUT2D eigenvalue weighted by molar-refractivity contribution is 5.94. The van der Waals surface area contributed by atoms with Crippen LogP contribution in [0.5, 0.6) is 5.75 Å². The zero-order chi connectivity index (χ0) is 32.9. The van der Waals surface area contributed by atoms with Gasteiger partial charge in [0.25, 0.3) is 5.91 Å². The molecule has 0 heterocycles. The molecule has 2 aromatic rings. The van der Waals surface area contributed by atoms with E-state index >= 15 is 0 Å². The van der Waals surface area contributed by atoms with Crippen LogP contribution >= 0.6 is 0 Å². The first-order valence-corrected chi connectivity index (χ1v) is 14.0. The van der Waals surface area contributed by atoms with E-state index in [1.165, 1.54) is 24.3 Å². The van der Waals surface area contributed by atoms with Gasteiger partial charge in [0.2, 0.25) is 11.8 Å². The van der Waals surface area contributed by atoms with Gasteiger partial charge in [-0.05, 0) is 71.4 Å². The number of hydrogen-bond donors (Lipinski definition) is 3. The molecule has 12 nitrogen and oxygen atoms in total. The van der Waals surface area contributed by atoms with E-state index in [-0.39, 0.29) is 6.42 Å². The summed E-state index contributed by atoms with van der Waals surface area (Å²) in [5.41, 5.74) is -0.497. The third-order valence-corrected chi connectivity index (χ3v) is 5.53. The molecule has 0 spiro atoms. The first-order chi connectivity index (χ1) is 20.5. The molecule has 0 aliphatic rings. The van der Waals surface area contributed by atoms with Crippen LogP contribution in [0.4, 0.5) is 0 Å². The lowest BCUT2D eigenvalue weighted by Crippen LogP contribution is -2.55. The highest BCUT2D eigenvalue weighted by atomic mass is 16.6. The standard InChI is InChI=1S/C32H40N4O8/c1-31(2,3)43-28(39)17-24(35-26(37)19-34-27(38)20-42-23-14-12-22(18-33)13-15-23)29(40)36-25(30(41)44-32(4,5)6)16-21-10-8-7-9-11-21/h7-15,24-25H,16-17,19-20H2,1-6H3,(H,34,38)(H,35,37)(H,36,40)/t24-,25-/m0/s1. The van der Waals surface area contributed by atoms with Crippen LogP contribution in [-0.2, 0) is 39.9 Å². The lowest BCUT2D eigenvalue weighted by Gasteiger charge is -2.27. The van der Waals surface area contributed by atoms with Gasteiger partial charge < -0.3 is 30.2 Å². The Kier molecular flexibility index (Phi) is 12.9. The van der Waals surface area contributed by atoms with Gasteiger partial charge in [-0.2, -0.15) is 5.26 Å². The zero-order valence-electron chi connectivity index (χ0n) is 25.9. The number of carbonyl (C=O) groups is 5. The summed E-state index contributed by atoms with van der Waals surface area (Å²) in [4.78, 5) is 64.1. The number of esters is 2. The Morgan fingerprint density at radius 2 is 1.41 bits per heavy atom. The van der Waals surface area contributed by atoms with Crippen LogP contribution in [0.15, 0.2) is 54.6 Å². The second kappa shape index (κ2) is 16.1. The molecule has 0 saturated carbocycles. The van der Waals surface area contributed by atoms with Gasteiger partial charge in [0.15, 0.2) is 6.61 Å². The van der Waals surface area contributed by atoms with Crippen molar-refractivity contribution in [2.24, 2.45) is 0 Å². The summed E-state index contributed by atoms with van der Waals surface area (Å²) >= 11 is 0. The maximum Gasteiger partial charge on any atom is 0.329 e. The molecule has 0 saturated heterocycles. The van der Waals surface area contributed by atoms with E-state index in [2.05, 4.69) is 16.0 Å². The fraction of sp³-hybridized carbons (Fsp3) is 0.438. The fourth-order valence-corrected chi connectivity index (χ4v) is 3.70. The molecule has 44 heavy (non-hydrogen) atoms. The van der Waals surface area contributed by atoms with Crippen molar-refractivity contribution >= 4 is 29.7 Å². The zero-order valence-corrected chi connectivity index (χ0v) is 25.9. The molecule has 236 valence electrons. The molecule has 0 aliphatic carbocycles. The van der Waals surface area contributed by atoms with Crippen LogP contribution in [0.25, 0.3) is 0 Å². The molecular formula is C32H40N4O8. The topological polar surface area (TPSA) is 173 Å². The van der Waals surface area contributed by atoms with E-state index in [0.29, 0.717) is 11.3 Å². The molecule has 2 aromatic carbocycles. The number of ether oxygens (including phenoxy) is 3. The number of nitrogens with one attached hydrogen (secondary N) is 3. The van der Waals surface area contributed by atoms with Crippen LogP contribution in [0.1, 0.15) is 59.1 Å². The summed E-state index contributed by atoms with van der Waals surface area (Å²) in [6, 6.07) is 14.5. The molecule has 0 fully saturated rings. The molecular weight excluding hydrogens is 568 g/mol. The van der Waals surface area contributed by atoms with Crippen molar-refractivity contribution in [1.29, 1.82) is 5.26 Å². The molecule has 0 bridgehead atoms. The number of amides is 3. The van der Waals surface area contributed by atoms with Gasteiger partial charge in [-0.25, -0.2) is 4.79 Å². The number of nitrogens with zero attached hydrogens (tertiary/aromatic N) is 1. The maximum absolute atomic E-state index is 13.4. The second-order valence-corrected chi connectivity index (χ2v) is 11.9. The van der Waals surface area contributed by atoms with Crippen LogP contribution < -0.4 is 20.7 Å². The molecule has 2 atom stereocenters. The quantitative estimate of drug-likeness (QED) is 0.289. The van der Waals surface area contributed by atoms with Crippen molar-refractivity contribution in [2.75, 3.05) is 13.2 Å². The Morgan fingerprint density at radius 1 is 0.795 bits per heavy atom. The first-order valence-electron chi connectivity index (χ1n) is 14.0. The van der Waals surface area contributed by atoms with Crippen molar-refractivity contribution in [3.63, 3.8) is 0 Å². The lowest BCUT2D eigenvalue weighted by molar-refractivity contribution is -0.159. The van der Waals surface area contributed by atoms with E-state index in [0.717, 1.165) is 5.56 Å². The van der Waals surface area contributed by atoms with Gasteiger partial charge in [0.05, 0.1) is 24.6 Å². The third-order valence-electron chi connectivity index (χ3n) is 5.53. The van der Waals surface area contributed by atoms with E-state index in [1.54, 1.807) is 65.8 Å². The van der Waals surface area contributed by atoms with Gasteiger partial charge >= 0.3 is 11.9 Å². The minimum atomic E-state index is -1.43.